The van der Waals surface area contributed by atoms with Crippen LogP contribution in [0.3, 0.4) is 0 Å². The Hall–Kier alpha value is -0.940. The van der Waals surface area contributed by atoms with E-state index in [4.69, 9.17) is 0 Å². The first-order valence-corrected chi connectivity index (χ1v) is 7.41. The molecule has 98 valence electrons. The van der Waals surface area contributed by atoms with E-state index in [0.717, 1.165) is 54.1 Å². The van der Waals surface area contributed by atoms with Gasteiger partial charge in [0.15, 0.2) is 0 Å². The average Bonchev–Trinajstić information content (AvgIpc) is 2.93. The van der Waals surface area contributed by atoms with Crippen molar-refractivity contribution >= 4 is 17.2 Å². The van der Waals surface area contributed by atoms with Crippen molar-refractivity contribution in [3.63, 3.8) is 0 Å². The lowest BCUT2D eigenvalue weighted by Gasteiger charge is -2.34. The molecule has 18 heavy (non-hydrogen) atoms. The summed E-state index contributed by atoms with van der Waals surface area (Å²) in [7, 11) is 0. The van der Waals surface area contributed by atoms with Crippen molar-refractivity contribution in [2.24, 2.45) is 11.8 Å². The maximum atomic E-state index is 12.5. The van der Waals surface area contributed by atoms with Crippen LogP contribution >= 0.6 is 11.3 Å². The van der Waals surface area contributed by atoms with E-state index in [2.05, 4.69) is 10.3 Å². The highest BCUT2D eigenvalue weighted by molar-refractivity contribution is 7.13. The number of thiazole rings is 1. The fourth-order valence-corrected chi connectivity index (χ4v) is 3.98. The fourth-order valence-electron chi connectivity index (χ4n) is 3.09. The predicted octanol–water partition coefficient (Wildman–Crippen LogP) is 1.44. The van der Waals surface area contributed by atoms with Crippen LogP contribution in [0.1, 0.15) is 26.8 Å². The number of carbonyl (C=O) groups excluding carboxylic acids is 1. The number of likely N-dealkylation sites (tertiary alicyclic amines) is 1. The number of amides is 1. The number of fused-ring (bicyclic) bond motifs is 1. The van der Waals surface area contributed by atoms with E-state index in [1.54, 1.807) is 0 Å². The highest BCUT2D eigenvalue weighted by Crippen LogP contribution is 2.28. The minimum Gasteiger partial charge on any atom is -0.338 e. The summed E-state index contributed by atoms with van der Waals surface area (Å²) in [6.07, 6.45) is 1.14. The maximum Gasteiger partial charge on any atom is 0.265 e. The van der Waals surface area contributed by atoms with Crippen LogP contribution in [0.5, 0.6) is 0 Å². The number of nitrogens with zero attached hydrogens (tertiary/aromatic N) is 2. The largest absolute Gasteiger partial charge is 0.338 e. The Labute approximate surface area is 111 Å². The molecule has 0 spiro atoms. The first-order valence-electron chi connectivity index (χ1n) is 6.59. The normalized spacial score (nSPS) is 27.3. The van der Waals surface area contributed by atoms with Gasteiger partial charge in [-0.05, 0) is 45.2 Å². The molecule has 2 fully saturated rings. The lowest BCUT2D eigenvalue weighted by molar-refractivity contribution is 0.0646. The van der Waals surface area contributed by atoms with Gasteiger partial charge in [0.05, 0.1) is 10.7 Å². The van der Waals surface area contributed by atoms with Crippen LogP contribution in [-0.2, 0) is 0 Å². The quantitative estimate of drug-likeness (QED) is 0.836. The van der Waals surface area contributed by atoms with Crippen molar-refractivity contribution < 1.29 is 4.79 Å². The molecule has 2 saturated heterocycles. The van der Waals surface area contributed by atoms with Gasteiger partial charge in [-0.15, -0.1) is 11.3 Å². The van der Waals surface area contributed by atoms with Gasteiger partial charge in [0.1, 0.15) is 4.88 Å². The van der Waals surface area contributed by atoms with E-state index < -0.39 is 0 Å². The Morgan fingerprint density at radius 2 is 2.17 bits per heavy atom. The Balaban J connectivity index is 1.75. The van der Waals surface area contributed by atoms with Crippen molar-refractivity contribution in [1.29, 1.82) is 0 Å². The molecule has 2 atom stereocenters. The molecule has 0 saturated carbocycles. The molecular formula is C13H19N3OS. The summed E-state index contributed by atoms with van der Waals surface area (Å²) in [6.45, 7) is 7.90. The van der Waals surface area contributed by atoms with E-state index in [0.29, 0.717) is 5.92 Å². The summed E-state index contributed by atoms with van der Waals surface area (Å²) in [5.74, 6) is 1.61. The van der Waals surface area contributed by atoms with E-state index in [1.807, 2.05) is 18.7 Å². The van der Waals surface area contributed by atoms with Crippen LogP contribution in [0.15, 0.2) is 0 Å². The van der Waals surface area contributed by atoms with E-state index >= 15 is 0 Å². The first-order chi connectivity index (χ1) is 8.65. The summed E-state index contributed by atoms with van der Waals surface area (Å²) >= 11 is 1.52. The fraction of sp³-hybridized carbons (Fsp3) is 0.692. The van der Waals surface area contributed by atoms with Gasteiger partial charge in [-0.3, -0.25) is 4.79 Å². The second kappa shape index (κ2) is 4.63. The molecule has 0 aromatic carbocycles. The SMILES string of the molecule is Cc1nc(C)c(C(=O)N2CCC3CNCC3C2)s1. The molecule has 2 unspecified atom stereocenters. The number of aryl methyl sites for hydroxylation is 2. The number of hydrogen-bond acceptors (Lipinski definition) is 4. The zero-order chi connectivity index (χ0) is 12.7. The number of carbonyl (C=O) groups is 1. The van der Waals surface area contributed by atoms with Gasteiger partial charge < -0.3 is 10.2 Å². The Morgan fingerprint density at radius 3 is 2.89 bits per heavy atom. The topological polar surface area (TPSA) is 45.2 Å². The van der Waals surface area contributed by atoms with Crippen molar-refractivity contribution in [3.8, 4) is 0 Å². The summed E-state index contributed by atoms with van der Waals surface area (Å²) in [6, 6.07) is 0. The third-order valence-electron chi connectivity index (χ3n) is 4.09. The molecule has 1 N–H and O–H groups in total. The molecule has 3 rings (SSSR count). The zero-order valence-corrected chi connectivity index (χ0v) is 11.7. The monoisotopic (exact) mass is 265 g/mol. The summed E-state index contributed by atoms with van der Waals surface area (Å²) in [5, 5.41) is 4.41. The second-order valence-electron chi connectivity index (χ2n) is 5.37. The van der Waals surface area contributed by atoms with Gasteiger partial charge in [-0.1, -0.05) is 0 Å². The third kappa shape index (κ3) is 2.06. The highest BCUT2D eigenvalue weighted by atomic mass is 32.1. The molecule has 0 radical (unpaired) electrons. The van der Waals surface area contributed by atoms with Gasteiger partial charge in [0, 0.05) is 13.1 Å². The molecule has 1 amide bonds. The molecule has 1 aromatic heterocycles. The number of nitrogens with one attached hydrogen (secondary N) is 1. The smallest absolute Gasteiger partial charge is 0.265 e. The number of piperidine rings is 1. The zero-order valence-electron chi connectivity index (χ0n) is 10.9. The van der Waals surface area contributed by atoms with Crippen LogP contribution in [-0.4, -0.2) is 42.0 Å². The Bertz CT molecular complexity index is 471. The van der Waals surface area contributed by atoms with Gasteiger partial charge in [-0.2, -0.15) is 0 Å². The molecule has 0 bridgehead atoms. The van der Waals surface area contributed by atoms with Gasteiger partial charge in [0.25, 0.3) is 5.91 Å². The van der Waals surface area contributed by atoms with E-state index in [1.165, 1.54) is 11.3 Å². The van der Waals surface area contributed by atoms with Gasteiger partial charge >= 0.3 is 0 Å². The van der Waals surface area contributed by atoms with Gasteiger partial charge in [-0.25, -0.2) is 4.98 Å². The third-order valence-corrected chi connectivity index (χ3v) is 5.15. The number of rotatable bonds is 1. The van der Waals surface area contributed by atoms with E-state index in [-0.39, 0.29) is 5.91 Å². The second-order valence-corrected chi connectivity index (χ2v) is 6.57. The van der Waals surface area contributed by atoms with Crippen LogP contribution in [0.4, 0.5) is 0 Å². The summed E-state index contributed by atoms with van der Waals surface area (Å²) < 4.78 is 0. The number of hydrogen-bond donors (Lipinski definition) is 1. The van der Waals surface area contributed by atoms with Gasteiger partial charge in [0.2, 0.25) is 0 Å². The summed E-state index contributed by atoms with van der Waals surface area (Å²) in [4.78, 5) is 19.7. The Morgan fingerprint density at radius 1 is 1.39 bits per heavy atom. The van der Waals surface area contributed by atoms with Crippen LogP contribution in [0, 0.1) is 25.7 Å². The molecular weight excluding hydrogens is 246 g/mol. The van der Waals surface area contributed by atoms with Crippen molar-refractivity contribution in [1.82, 2.24) is 15.2 Å². The predicted molar refractivity (Wildman–Crippen MR) is 72.0 cm³/mol. The molecule has 1 aromatic rings. The van der Waals surface area contributed by atoms with Crippen molar-refractivity contribution in [3.05, 3.63) is 15.6 Å². The van der Waals surface area contributed by atoms with Crippen molar-refractivity contribution in [2.45, 2.75) is 20.3 Å². The molecule has 2 aliphatic rings. The molecule has 3 heterocycles. The van der Waals surface area contributed by atoms with Crippen LogP contribution in [0.25, 0.3) is 0 Å². The van der Waals surface area contributed by atoms with Crippen LogP contribution in [0.2, 0.25) is 0 Å². The number of aromatic nitrogens is 1. The van der Waals surface area contributed by atoms with Crippen LogP contribution < -0.4 is 5.32 Å². The van der Waals surface area contributed by atoms with Crippen molar-refractivity contribution in [2.75, 3.05) is 26.2 Å². The molecule has 2 aliphatic heterocycles. The molecule has 4 nitrogen and oxygen atoms in total. The van der Waals surface area contributed by atoms with E-state index in [9.17, 15) is 4.79 Å². The Kier molecular flexibility index (Phi) is 3.11. The standard InChI is InChI=1S/C13H19N3OS/c1-8-12(18-9(2)15-8)13(17)16-4-3-10-5-14-6-11(10)7-16/h10-11,14H,3-7H2,1-2H3. The average molecular weight is 265 g/mol. The molecule has 0 aliphatic carbocycles. The first kappa shape index (κ1) is 12.1. The lowest BCUT2D eigenvalue weighted by atomic mass is 9.88. The highest BCUT2D eigenvalue weighted by Gasteiger charge is 2.35. The molecule has 5 heteroatoms. The minimum absolute atomic E-state index is 0.184. The summed E-state index contributed by atoms with van der Waals surface area (Å²) in [5.41, 5.74) is 0.883. The minimum atomic E-state index is 0.184. The lowest BCUT2D eigenvalue weighted by Crippen LogP contribution is -2.43. The maximum absolute atomic E-state index is 12.5.